The Morgan fingerprint density at radius 2 is 1.93 bits per heavy atom. The van der Waals surface area contributed by atoms with E-state index < -0.39 is 0 Å². The number of thioether (sulfide) groups is 1. The second-order valence-electron chi connectivity index (χ2n) is 5.81. The van der Waals surface area contributed by atoms with Crippen LogP contribution in [0.15, 0.2) is 57.4 Å². The third kappa shape index (κ3) is 4.15. The molecule has 2 aromatic heterocycles. The summed E-state index contributed by atoms with van der Waals surface area (Å²) in [5.41, 5.74) is 2.97. The number of benzene rings is 2. The molecule has 0 fully saturated rings. The summed E-state index contributed by atoms with van der Waals surface area (Å²) in [6.07, 6.45) is 0. The van der Waals surface area contributed by atoms with Gasteiger partial charge in [-0.2, -0.15) is 4.98 Å². The summed E-state index contributed by atoms with van der Waals surface area (Å²) in [4.78, 5) is 4.45. The smallest absolute Gasteiger partial charge is 0.237 e. The van der Waals surface area contributed by atoms with Gasteiger partial charge in [-0.05, 0) is 30.7 Å². The van der Waals surface area contributed by atoms with Gasteiger partial charge in [0.15, 0.2) is 4.34 Å². The molecule has 2 heterocycles. The van der Waals surface area contributed by atoms with Crippen molar-refractivity contribution in [1.82, 2.24) is 20.3 Å². The van der Waals surface area contributed by atoms with Gasteiger partial charge in [-0.3, -0.25) is 0 Å². The van der Waals surface area contributed by atoms with Crippen LogP contribution in [0.1, 0.15) is 11.5 Å². The van der Waals surface area contributed by atoms with Gasteiger partial charge >= 0.3 is 0 Å². The van der Waals surface area contributed by atoms with Gasteiger partial charge in [-0.25, -0.2) is 0 Å². The number of ether oxygens (including phenoxy) is 1. The highest BCUT2D eigenvalue weighted by atomic mass is 32.2. The van der Waals surface area contributed by atoms with E-state index in [-0.39, 0.29) is 0 Å². The van der Waals surface area contributed by atoms with Crippen molar-refractivity contribution >= 4 is 33.9 Å². The number of nitrogens with zero attached hydrogens (tertiary/aromatic N) is 4. The Bertz CT molecular complexity index is 1080. The molecule has 28 heavy (non-hydrogen) atoms. The maximum absolute atomic E-state index is 5.36. The van der Waals surface area contributed by atoms with Crippen molar-refractivity contribution in [2.75, 3.05) is 12.4 Å². The third-order valence-corrected chi connectivity index (χ3v) is 5.88. The molecule has 7 nitrogen and oxygen atoms in total. The number of rotatable bonds is 7. The lowest BCUT2D eigenvalue weighted by atomic mass is 10.2. The molecule has 0 saturated carbocycles. The van der Waals surface area contributed by atoms with Crippen molar-refractivity contribution in [3.8, 4) is 17.1 Å². The van der Waals surface area contributed by atoms with Crippen LogP contribution in [0, 0.1) is 6.92 Å². The molecular weight excluding hydrogens is 394 g/mol. The molecule has 0 spiro atoms. The Morgan fingerprint density at radius 1 is 1.11 bits per heavy atom. The van der Waals surface area contributed by atoms with E-state index in [0.717, 1.165) is 26.3 Å². The van der Waals surface area contributed by atoms with Crippen LogP contribution < -0.4 is 10.1 Å². The lowest BCUT2D eigenvalue weighted by Gasteiger charge is -2.04. The molecule has 0 aliphatic heterocycles. The predicted molar refractivity (Wildman–Crippen MR) is 110 cm³/mol. The Morgan fingerprint density at radius 3 is 2.79 bits per heavy atom. The number of aryl methyl sites for hydroxylation is 1. The van der Waals surface area contributed by atoms with Gasteiger partial charge < -0.3 is 14.6 Å². The summed E-state index contributed by atoms with van der Waals surface area (Å²) < 4.78 is 11.5. The highest BCUT2D eigenvalue weighted by Crippen LogP contribution is 2.31. The first-order valence-electron chi connectivity index (χ1n) is 8.48. The van der Waals surface area contributed by atoms with Gasteiger partial charge in [-0.1, -0.05) is 58.6 Å². The first kappa shape index (κ1) is 18.5. The first-order valence-corrected chi connectivity index (χ1v) is 10.3. The van der Waals surface area contributed by atoms with E-state index in [2.05, 4.69) is 25.7 Å². The number of aromatic nitrogens is 4. The Hall–Kier alpha value is -2.91. The quantitative estimate of drug-likeness (QED) is 0.428. The molecule has 142 valence electrons. The molecule has 0 saturated heterocycles. The molecule has 0 bridgehead atoms. The minimum atomic E-state index is 0.507. The Labute approximate surface area is 170 Å². The number of methoxy groups -OCH3 is 1. The lowest BCUT2D eigenvalue weighted by Crippen LogP contribution is -1.91. The average molecular weight is 412 g/mol. The van der Waals surface area contributed by atoms with Crippen molar-refractivity contribution in [2.24, 2.45) is 0 Å². The zero-order valence-corrected chi connectivity index (χ0v) is 16.9. The van der Waals surface area contributed by atoms with E-state index >= 15 is 0 Å². The molecule has 9 heteroatoms. The van der Waals surface area contributed by atoms with Crippen LogP contribution in [0.5, 0.6) is 5.75 Å². The van der Waals surface area contributed by atoms with Crippen molar-refractivity contribution in [3.63, 3.8) is 0 Å². The molecule has 0 amide bonds. The van der Waals surface area contributed by atoms with E-state index in [4.69, 9.17) is 9.26 Å². The Balaban J connectivity index is 1.40. The summed E-state index contributed by atoms with van der Waals surface area (Å²) in [6, 6.07) is 15.6. The molecule has 0 radical (unpaired) electrons. The summed E-state index contributed by atoms with van der Waals surface area (Å²) in [5, 5.41) is 16.5. The first-order chi connectivity index (χ1) is 13.7. The molecule has 0 aliphatic carbocycles. The van der Waals surface area contributed by atoms with Crippen LogP contribution in [0.2, 0.25) is 0 Å². The lowest BCUT2D eigenvalue weighted by molar-refractivity contribution is 0.390. The second-order valence-corrected chi connectivity index (χ2v) is 8.01. The van der Waals surface area contributed by atoms with Crippen molar-refractivity contribution in [1.29, 1.82) is 0 Å². The number of hydrogen-bond acceptors (Lipinski definition) is 9. The van der Waals surface area contributed by atoms with E-state index in [1.165, 1.54) is 23.1 Å². The highest BCUT2D eigenvalue weighted by Gasteiger charge is 2.14. The fourth-order valence-electron chi connectivity index (χ4n) is 2.52. The van der Waals surface area contributed by atoms with Crippen molar-refractivity contribution in [3.05, 3.63) is 60.0 Å². The fraction of sp³-hybridized carbons (Fsp3) is 0.158. The van der Waals surface area contributed by atoms with Gasteiger partial charge in [0, 0.05) is 5.69 Å². The molecule has 0 aliphatic rings. The van der Waals surface area contributed by atoms with Crippen LogP contribution in [0.3, 0.4) is 0 Å². The molecule has 4 aromatic rings. The summed E-state index contributed by atoms with van der Waals surface area (Å²) in [5.74, 6) is 2.25. The standard InChI is InChI=1S/C19H17N5O2S2/c1-12-7-3-5-9-14(12)20-18-22-23-19(28-18)27-11-16-21-17(24-26-16)13-8-4-6-10-15(13)25-2/h3-10H,11H2,1-2H3,(H,20,22). The van der Waals surface area contributed by atoms with Gasteiger partial charge in [0.25, 0.3) is 0 Å². The molecule has 2 aromatic carbocycles. The molecule has 4 rings (SSSR count). The zero-order valence-electron chi connectivity index (χ0n) is 15.2. The van der Waals surface area contributed by atoms with E-state index in [1.807, 2.05) is 55.5 Å². The van der Waals surface area contributed by atoms with Crippen LogP contribution in [-0.2, 0) is 5.75 Å². The molecular formula is C19H17N5O2S2. The largest absolute Gasteiger partial charge is 0.496 e. The maximum Gasteiger partial charge on any atom is 0.237 e. The number of nitrogens with one attached hydrogen (secondary N) is 1. The van der Waals surface area contributed by atoms with E-state index in [0.29, 0.717) is 23.2 Å². The minimum absolute atomic E-state index is 0.507. The number of hydrogen-bond donors (Lipinski definition) is 1. The second kappa shape index (κ2) is 8.41. The summed E-state index contributed by atoms with van der Waals surface area (Å²) in [6.45, 7) is 2.05. The SMILES string of the molecule is COc1ccccc1-c1noc(CSc2nnc(Nc3ccccc3C)s2)n1. The van der Waals surface area contributed by atoms with Gasteiger partial charge in [-0.15, -0.1) is 10.2 Å². The average Bonchev–Trinajstić information content (AvgIpc) is 3.37. The highest BCUT2D eigenvalue weighted by molar-refractivity contribution is 8.00. The van der Waals surface area contributed by atoms with Gasteiger partial charge in [0.05, 0.1) is 18.4 Å². The molecule has 1 N–H and O–H groups in total. The Kier molecular flexibility index (Phi) is 5.54. The normalized spacial score (nSPS) is 10.8. The van der Waals surface area contributed by atoms with Gasteiger partial charge in [0.1, 0.15) is 5.75 Å². The summed E-state index contributed by atoms with van der Waals surface area (Å²) in [7, 11) is 1.62. The van der Waals surface area contributed by atoms with Gasteiger partial charge in [0.2, 0.25) is 16.8 Å². The maximum atomic E-state index is 5.36. The third-order valence-electron chi connectivity index (χ3n) is 3.93. The monoisotopic (exact) mass is 411 g/mol. The van der Waals surface area contributed by atoms with Crippen LogP contribution in [0.25, 0.3) is 11.4 Å². The van der Waals surface area contributed by atoms with Crippen LogP contribution in [0.4, 0.5) is 10.8 Å². The minimum Gasteiger partial charge on any atom is -0.496 e. The summed E-state index contributed by atoms with van der Waals surface area (Å²) >= 11 is 2.99. The topological polar surface area (TPSA) is 86.0 Å². The van der Waals surface area contributed by atoms with Crippen LogP contribution >= 0.6 is 23.1 Å². The van der Waals surface area contributed by atoms with Crippen molar-refractivity contribution in [2.45, 2.75) is 17.0 Å². The van der Waals surface area contributed by atoms with E-state index in [9.17, 15) is 0 Å². The zero-order chi connectivity index (χ0) is 19.3. The van der Waals surface area contributed by atoms with Crippen molar-refractivity contribution < 1.29 is 9.26 Å². The number of anilines is 2. The molecule has 0 atom stereocenters. The number of para-hydroxylation sites is 2. The van der Waals surface area contributed by atoms with E-state index in [1.54, 1.807) is 7.11 Å². The molecule has 0 unspecified atom stereocenters. The van der Waals surface area contributed by atoms with Crippen LogP contribution in [-0.4, -0.2) is 27.4 Å². The fourth-order valence-corrected chi connectivity index (χ4v) is 4.12. The predicted octanol–water partition coefficient (Wildman–Crippen LogP) is 4.94.